The summed E-state index contributed by atoms with van der Waals surface area (Å²) >= 11 is 0. The van der Waals surface area contributed by atoms with Crippen molar-refractivity contribution < 1.29 is 9.59 Å². The Labute approximate surface area is 157 Å². The molecule has 2 rings (SSSR count). The fraction of sp³-hybridized carbons (Fsp3) is 0.619. The quantitative estimate of drug-likeness (QED) is 0.581. The van der Waals surface area contributed by atoms with Crippen molar-refractivity contribution in [2.24, 2.45) is 5.92 Å². The Morgan fingerprint density at radius 1 is 0.962 bits per heavy atom. The van der Waals surface area contributed by atoms with E-state index in [9.17, 15) is 9.59 Å². The van der Waals surface area contributed by atoms with Crippen LogP contribution in [-0.4, -0.2) is 38.0 Å². The van der Waals surface area contributed by atoms with Crippen molar-refractivity contribution in [2.75, 3.05) is 31.1 Å². The Balaban J connectivity index is 1.68. The van der Waals surface area contributed by atoms with Crippen LogP contribution in [0.1, 0.15) is 51.5 Å². The molecule has 1 heterocycles. The third kappa shape index (κ3) is 7.06. The largest absolute Gasteiger partial charge is 0.372 e. The van der Waals surface area contributed by atoms with Gasteiger partial charge in [0, 0.05) is 31.9 Å². The first-order chi connectivity index (χ1) is 12.6. The van der Waals surface area contributed by atoms with Crippen LogP contribution in [0.3, 0.4) is 0 Å². The maximum Gasteiger partial charge on any atom is 0.309 e. The van der Waals surface area contributed by atoms with Crippen LogP contribution in [0.4, 0.5) is 5.69 Å². The van der Waals surface area contributed by atoms with E-state index in [0.717, 1.165) is 25.9 Å². The summed E-state index contributed by atoms with van der Waals surface area (Å²) in [4.78, 5) is 25.8. The van der Waals surface area contributed by atoms with E-state index in [4.69, 9.17) is 0 Å². The molecule has 0 spiro atoms. The summed E-state index contributed by atoms with van der Waals surface area (Å²) in [7, 11) is 0. The normalized spacial score (nSPS) is 14.8. The Bertz CT molecular complexity index is 561. The van der Waals surface area contributed by atoms with Gasteiger partial charge in [0.15, 0.2) is 0 Å². The SMILES string of the molecule is CC(C)CNC(=O)C(=O)NCCCc1ccc(N2CCCCCC2)cc1. The summed E-state index contributed by atoms with van der Waals surface area (Å²) in [6.07, 6.45) is 6.98. The number of hydrogen-bond donors (Lipinski definition) is 2. The molecule has 0 aliphatic carbocycles. The van der Waals surface area contributed by atoms with Crippen molar-refractivity contribution in [3.05, 3.63) is 29.8 Å². The highest BCUT2D eigenvalue weighted by Gasteiger charge is 2.12. The van der Waals surface area contributed by atoms with Gasteiger partial charge in [-0.05, 0) is 49.3 Å². The Morgan fingerprint density at radius 2 is 1.58 bits per heavy atom. The number of amides is 2. The second-order valence-corrected chi connectivity index (χ2v) is 7.53. The van der Waals surface area contributed by atoms with Gasteiger partial charge >= 0.3 is 11.8 Å². The molecule has 1 aliphatic rings. The van der Waals surface area contributed by atoms with Gasteiger partial charge in [-0.1, -0.05) is 38.8 Å². The van der Waals surface area contributed by atoms with Crippen molar-refractivity contribution in [2.45, 2.75) is 52.4 Å². The predicted molar refractivity (Wildman–Crippen MR) is 106 cm³/mol. The highest BCUT2D eigenvalue weighted by Crippen LogP contribution is 2.20. The third-order valence-electron chi connectivity index (χ3n) is 4.71. The first-order valence-corrected chi connectivity index (χ1v) is 9.96. The zero-order valence-corrected chi connectivity index (χ0v) is 16.2. The minimum atomic E-state index is -0.541. The standard InChI is InChI=1S/C21H33N3O2/c1-17(2)16-23-21(26)20(25)22-13-7-8-18-9-11-19(12-10-18)24-14-5-3-4-6-15-24/h9-12,17H,3-8,13-16H2,1-2H3,(H,22,25)(H,23,26). The molecule has 0 unspecified atom stereocenters. The molecule has 0 atom stereocenters. The number of aryl methyl sites for hydroxylation is 1. The van der Waals surface area contributed by atoms with Gasteiger partial charge in [-0.3, -0.25) is 9.59 Å². The van der Waals surface area contributed by atoms with Crippen LogP contribution < -0.4 is 15.5 Å². The summed E-state index contributed by atoms with van der Waals surface area (Å²) < 4.78 is 0. The molecule has 26 heavy (non-hydrogen) atoms. The van der Waals surface area contributed by atoms with E-state index in [1.54, 1.807) is 0 Å². The Morgan fingerprint density at radius 3 is 2.19 bits per heavy atom. The van der Waals surface area contributed by atoms with Gasteiger partial charge in [0.25, 0.3) is 0 Å². The topological polar surface area (TPSA) is 61.4 Å². The number of hydrogen-bond acceptors (Lipinski definition) is 3. The zero-order valence-electron chi connectivity index (χ0n) is 16.2. The first-order valence-electron chi connectivity index (χ1n) is 9.96. The lowest BCUT2D eigenvalue weighted by atomic mass is 10.1. The first kappa shape index (κ1) is 20.3. The monoisotopic (exact) mass is 359 g/mol. The average molecular weight is 360 g/mol. The summed E-state index contributed by atoms with van der Waals surface area (Å²) in [5.41, 5.74) is 2.58. The summed E-state index contributed by atoms with van der Waals surface area (Å²) in [5.74, 6) is -0.744. The van der Waals surface area contributed by atoms with Gasteiger partial charge in [-0.15, -0.1) is 0 Å². The molecule has 144 valence electrons. The average Bonchev–Trinajstić information content (AvgIpc) is 2.93. The lowest BCUT2D eigenvalue weighted by Crippen LogP contribution is -2.41. The van der Waals surface area contributed by atoms with Crippen LogP contribution in [-0.2, 0) is 16.0 Å². The molecule has 1 aromatic carbocycles. The second kappa shape index (κ2) is 10.8. The zero-order chi connectivity index (χ0) is 18.8. The van der Waals surface area contributed by atoms with Crippen LogP contribution >= 0.6 is 0 Å². The molecule has 0 aromatic heterocycles. The molecule has 0 radical (unpaired) electrons. The smallest absolute Gasteiger partial charge is 0.309 e. The van der Waals surface area contributed by atoms with E-state index in [-0.39, 0.29) is 0 Å². The molecule has 0 bridgehead atoms. The van der Waals surface area contributed by atoms with Gasteiger partial charge in [0.1, 0.15) is 0 Å². The second-order valence-electron chi connectivity index (χ2n) is 7.53. The van der Waals surface area contributed by atoms with Crippen molar-refractivity contribution in [1.29, 1.82) is 0 Å². The van der Waals surface area contributed by atoms with E-state index in [2.05, 4.69) is 39.8 Å². The molecule has 5 nitrogen and oxygen atoms in total. The Hall–Kier alpha value is -2.04. The van der Waals surface area contributed by atoms with Crippen LogP contribution in [0.2, 0.25) is 0 Å². The number of anilines is 1. The van der Waals surface area contributed by atoms with Crippen LogP contribution in [0, 0.1) is 5.92 Å². The van der Waals surface area contributed by atoms with Gasteiger partial charge in [-0.25, -0.2) is 0 Å². The molecule has 1 aromatic rings. The molecule has 2 amide bonds. The van der Waals surface area contributed by atoms with Gasteiger partial charge in [0.05, 0.1) is 0 Å². The number of nitrogens with zero attached hydrogens (tertiary/aromatic N) is 1. The fourth-order valence-corrected chi connectivity index (χ4v) is 3.15. The minimum absolute atomic E-state index is 0.337. The van der Waals surface area contributed by atoms with Crippen LogP contribution in [0.5, 0.6) is 0 Å². The van der Waals surface area contributed by atoms with E-state index in [1.807, 2.05) is 13.8 Å². The van der Waals surface area contributed by atoms with Crippen molar-refractivity contribution >= 4 is 17.5 Å². The third-order valence-corrected chi connectivity index (χ3v) is 4.71. The van der Waals surface area contributed by atoms with E-state index in [0.29, 0.717) is 19.0 Å². The van der Waals surface area contributed by atoms with E-state index < -0.39 is 11.8 Å². The number of nitrogens with one attached hydrogen (secondary N) is 2. The molecule has 5 heteroatoms. The fourth-order valence-electron chi connectivity index (χ4n) is 3.15. The predicted octanol–water partition coefficient (Wildman–Crippen LogP) is 2.89. The molecule has 1 fully saturated rings. The van der Waals surface area contributed by atoms with Crippen molar-refractivity contribution in [3.8, 4) is 0 Å². The molecule has 1 aliphatic heterocycles. The summed E-state index contributed by atoms with van der Waals surface area (Å²) in [6.45, 7) is 7.35. The molecule has 0 saturated carbocycles. The highest BCUT2D eigenvalue weighted by atomic mass is 16.2. The van der Waals surface area contributed by atoms with Gasteiger partial charge in [-0.2, -0.15) is 0 Å². The van der Waals surface area contributed by atoms with Crippen molar-refractivity contribution in [1.82, 2.24) is 10.6 Å². The summed E-state index contributed by atoms with van der Waals surface area (Å²) in [6, 6.07) is 8.77. The maximum absolute atomic E-state index is 11.7. The van der Waals surface area contributed by atoms with Crippen LogP contribution in [0.15, 0.2) is 24.3 Å². The molecular formula is C21H33N3O2. The van der Waals surface area contributed by atoms with Gasteiger partial charge < -0.3 is 15.5 Å². The number of benzene rings is 1. The molecule has 1 saturated heterocycles. The summed E-state index contributed by atoms with van der Waals surface area (Å²) in [5, 5.41) is 5.31. The molecular weight excluding hydrogens is 326 g/mol. The van der Waals surface area contributed by atoms with E-state index in [1.165, 1.54) is 36.9 Å². The minimum Gasteiger partial charge on any atom is -0.372 e. The van der Waals surface area contributed by atoms with Crippen molar-refractivity contribution in [3.63, 3.8) is 0 Å². The highest BCUT2D eigenvalue weighted by molar-refractivity contribution is 6.35. The van der Waals surface area contributed by atoms with E-state index >= 15 is 0 Å². The lowest BCUT2D eigenvalue weighted by Gasteiger charge is -2.22. The van der Waals surface area contributed by atoms with Gasteiger partial charge in [0.2, 0.25) is 0 Å². The number of rotatable bonds is 7. The number of carbonyl (C=O) groups is 2. The maximum atomic E-state index is 11.7. The molecule has 2 N–H and O–H groups in total. The lowest BCUT2D eigenvalue weighted by molar-refractivity contribution is -0.139. The Kier molecular flexibility index (Phi) is 8.45. The number of carbonyl (C=O) groups excluding carboxylic acids is 2. The van der Waals surface area contributed by atoms with Crippen LogP contribution in [0.25, 0.3) is 0 Å².